The normalized spacial score (nSPS) is 30.9. The molecule has 0 bridgehead atoms. The Hall–Kier alpha value is -0.940. The molecule has 0 aliphatic carbocycles. The zero-order valence-electron chi connectivity index (χ0n) is 10.4. The first-order chi connectivity index (χ1) is 8.34. The van der Waals surface area contributed by atoms with Gasteiger partial charge in [0.15, 0.2) is 5.82 Å². The molecule has 2 atom stereocenters. The highest BCUT2D eigenvalue weighted by Gasteiger charge is 2.29. The summed E-state index contributed by atoms with van der Waals surface area (Å²) in [6.45, 7) is 3.24. The molecule has 1 N–H and O–H groups in total. The van der Waals surface area contributed by atoms with Crippen molar-refractivity contribution < 1.29 is 4.52 Å². The number of hydrogen-bond acceptors (Lipinski definition) is 5. The number of nitrogens with zero attached hydrogens (tertiary/aromatic N) is 3. The third-order valence-electron chi connectivity index (χ3n) is 3.92. The fourth-order valence-corrected chi connectivity index (χ4v) is 2.84. The Morgan fingerprint density at radius 1 is 1.35 bits per heavy atom. The third-order valence-corrected chi connectivity index (χ3v) is 3.92. The van der Waals surface area contributed by atoms with Gasteiger partial charge in [0.25, 0.3) is 0 Å². The van der Waals surface area contributed by atoms with E-state index in [9.17, 15) is 0 Å². The van der Waals surface area contributed by atoms with Gasteiger partial charge < -0.3 is 9.84 Å². The number of likely N-dealkylation sites (tertiary alicyclic amines) is 1. The lowest BCUT2D eigenvalue weighted by Gasteiger charge is -2.19. The molecule has 94 valence electrons. The Balaban J connectivity index is 1.73. The zero-order valence-corrected chi connectivity index (χ0v) is 10.4. The molecular formula is C12H20N4O. The van der Waals surface area contributed by atoms with Crippen molar-refractivity contribution in [2.45, 2.75) is 37.6 Å². The van der Waals surface area contributed by atoms with Crippen LogP contribution in [0.25, 0.3) is 0 Å². The van der Waals surface area contributed by atoms with E-state index in [1.165, 1.54) is 19.3 Å². The van der Waals surface area contributed by atoms with Gasteiger partial charge in [0, 0.05) is 12.5 Å². The maximum atomic E-state index is 5.44. The molecule has 1 aromatic rings. The average Bonchev–Trinajstić information content (AvgIpc) is 2.98. The molecule has 2 aliphatic rings. The van der Waals surface area contributed by atoms with Gasteiger partial charge in [-0.05, 0) is 45.8 Å². The van der Waals surface area contributed by atoms with Crippen LogP contribution in [-0.4, -0.2) is 41.7 Å². The van der Waals surface area contributed by atoms with Crippen molar-refractivity contribution in [3.8, 4) is 0 Å². The van der Waals surface area contributed by atoms with Gasteiger partial charge >= 0.3 is 0 Å². The minimum Gasteiger partial charge on any atom is -0.338 e. The quantitative estimate of drug-likeness (QED) is 0.839. The van der Waals surface area contributed by atoms with Crippen LogP contribution in [0.15, 0.2) is 4.52 Å². The van der Waals surface area contributed by atoms with E-state index >= 15 is 0 Å². The number of nitrogens with one attached hydrogen (secondary N) is 1. The average molecular weight is 236 g/mol. The summed E-state index contributed by atoms with van der Waals surface area (Å²) in [6.07, 6.45) is 4.75. The van der Waals surface area contributed by atoms with Crippen molar-refractivity contribution >= 4 is 0 Å². The molecule has 0 aromatic carbocycles. The molecule has 2 aliphatic heterocycles. The fourth-order valence-electron chi connectivity index (χ4n) is 2.84. The van der Waals surface area contributed by atoms with Crippen molar-refractivity contribution in [3.05, 3.63) is 11.7 Å². The van der Waals surface area contributed by atoms with Crippen LogP contribution in [-0.2, 0) is 0 Å². The number of hydrogen-bond donors (Lipinski definition) is 1. The lowest BCUT2D eigenvalue weighted by molar-refractivity contribution is 0.244. The van der Waals surface area contributed by atoms with Crippen LogP contribution in [0.2, 0.25) is 0 Å². The van der Waals surface area contributed by atoms with Crippen molar-refractivity contribution in [3.63, 3.8) is 0 Å². The van der Waals surface area contributed by atoms with Gasteiger partial charge in [-0.3, -0.25) is 4.90 Å². The molecule has 2 fully saturated rings. The first-order valence-electron chi connectivity index (χ1n) is 6.59. The largest absolute Gasteiger partial charge is 0.338 e. The second kappa shape index (κ2) is 4.74. The smallest absolute Gasteiger partial charge is 0.243 e. The summed E-state index contributed by atoms with van der Waals surface area (Å²) in [6, 6.07) is 0.341. The molecule has 0 saturated carbocycles. The molecule has 5 heteroatoms. The van der Waals surface area contributed by atoms with Crippen LogP contribution >= 0.6 is 0 Å². The van der Waals surface area contributed by atoms with Gasteiger partial charge in [0.2, 0.25) is 5.89 Å². The Morgan fingerprint density at radius 3 is 3.00 bits per heavy atom. The summed E-state index contributed by atoms with van der Waals surface area (Å²) >= 11 is 0. The maximum absolute atomic E-state index is 5.44. The van der Waals surface area contributed by atoms with Crippen LogP contribution in [0.3, 0.4) is 0 Å². The Labute approximate surface area is 102 Å². The van der Waals surface area contributed by atoms with Gasteiger partial charge in [-0.2, -0.15) is 4.98 Å². The molecule has 2 unspecified atom stereocenters. The first kappa shape index (κ1) is 11.2. The van der Waals surface area contributed by atoms with E-state index in [0.29, 0.717) is 12.0 Å². The molecule has 3 rings (SSSR count). The summed E-state index contributed by atoms with van der Waals surface area (Å²) in [4.78, 5) is 6.91. The maximum Gasteiger partial charge on any atom is 0.243 e. The summed E-state index contributed by atoms with van der Waals surface area (Å²) in [5.41, 5.74) is 0. The first-order valence-corrected chi connectivity index (χ1v) is 6.59. The van der Waals surface area contributed by atoms with Crippen LogP contribution in [0.4, 0.5) is 0 Å². The second-order valence-corrected chi connectivity index (χ2v) is 5.17. The summed E-state index contributed by atoms with van der Waals surface area (Å²) in [5.74, 6) is 2.14. The molecule has 0 radical (unpaired) electrons. The van der Waals surface area contributed by atoms with Crippen LogP contribution in [0.1, 0.15) is 49.4 Å². The van der Waals surface area contributed by atoms with E-state index in [0.717, 1.165) is 37.8 Å². The van der Waals surface area contributed by atoms with E-state index in [-0.39, 0.29) is 0 Å². The summed E-state index contributed by atoms with van der Waals surface area (Å²) < 4.78 is 5.44. The summed E-state index contributed by atoms with van der Waals surface area (Å²) in [5, 5.41) is 7.55. The topological polar surface area (TPSA) is 54.2 Å². The molecular weight excluding hydrogens is 216 g/mol. The molecule has 0 amide bonds. The third kappa shape index (κ3) is 2.21. The lowest BCUT2D eigenvalue weighted by Crippen LogP contribution is -2.29. The molecule has 0 spiro atoms. The number of piperidine rings is 1. The monoisotopic (exact) mass is 236 g/mol. The van der Waals surface area contributed by atoms with Crippen molar-refractivity contribution in [2.75, 3.05) is 26.7 Å². The second-order valence-electron chi connectivity index (χ2n) is 5.17. The predicted octanol–water partition coefficient (Wildman–Crippen LogP) is 1.30. The molecule has 5 nitrogen and oxygen atoms in total. The van der Waals surface area contributed by atoms with Crippen LogP contribution in [0, 0.1) is 0 Å². The Bertz CT molecular complexity index is 372. The van der Waals surface area contributed by atoms with Crippen molar-refractivity contribution in [1.82, 2.24) is 20.4 Å². The van der Waals surface area contributed by atoms with E-state index in [2.05, 4.69) is 27.4 Å². The van der Waals surface area contributed by atoms with Crippen molar-refractivity contribution in [1.29, 1.82) is 0 Å². The number of aromatic nitrogens is 2. The highest BCUT2D eigenvalue weighted by Crippen LogP contribution is 2.30. The van der Waals surface area contributed by atoms with Gasteiger partial charge in [0.1, 0.15) is 0 Å². The van der Waals surface area contributed by atoms with E-state index in [1.807, 2.05) is 0 Å². The van der Waals surface area contributed by atoms with E-state index in [1.54, 1.807) is 0 Å². The Kier molecular flexibility index (Phi) is 3.11. The summed E-state index contributed by atoms with van der Waals surface area (Å²) in [7, 11) is 2.13. The standard InChI is InChI=1S/C12H20N4O/c1-16-7-3-5-10(16)12-14-11(15-17-12)9-4-2-6-13-8-9/h9-10,13H,2-8H2,1H3. The van der Waals surface area contributed by atoms with Gasteiger partial charge in [0.05, 0.1) is 6.04 Å². The molecule has 3 heterocycles. The SMILES string of the molecule is CN1CCCC1c1nc(C2CCCNC2)no1. The van der Waals surface area contributed by atoms with E-state index < -0.39 is 0 Å². The predicted molar refractivity (Wildman–Crippen MR) is 63.7 cm³/mol. The minimum absolute atomic E-state index is 0.341. The molecule has 17 heavy (non-hydrogen) atoms. The minimum atomic E-state index is 0.341. The van der Waals surface area contributed by atoms with Gasteiger partial charge in [-0.25, -0.2) is 0 Å². The van der Waals surface area contributed by atoms with Crippen LogP contribution in [0.5, 0.6) is 0 Å². The van der Waals surface area contributed by atoms with E-state index in [4.69, 9.17) is 4.52 Å². The molecule has 2 saturated heterocycles. The van der Waals surface area contributed by atoms with Gasteiger partial charge in [-0.15, -0.1) is 0 Å². The molecule has 1 aromatic heterocycles. The lowest BCUT2D eigenvalue weighted by atomic mass is 9.99. The van der Waals surface area contributed by atoms with Gasteiger partial charge in [-0.1, -0.05) is 5.16 Å². The Morgan fingerprint density at radius 2 is 2.29 bits per heavy atom. The highest BCUT2D eigenvalue weighted by atomic mass is 16.5. The zero-order chi connectivity index (χ0) is 11.7. The fraction of sp³-hybridized carbons (Fsp3) is 0.833. The van der Waals surface area contributed by atoms with Crippen molar-refractivity contribution in [2.24, 2.45) is 0 Å². The highest BCUT2D eigenvalue weighted by molar-refractivity contribution is 5.02. The number of rotatable bonds is 2. The van der Waals surface area contributed by atoms with Crippen LogP contribution < -0.4 is 5.32 Å².